The normalized spacial score (nSPS) is 12.7. The van der Waals surface area contributed by atoms with Crippen LogP contribution in [0.25, 0.3) is 0 Å². The molecule has 0 spiro atoms. The van der Waals surface area contributed by atoms with E-state index in [1.807, 2.05) is 0 Å². The number of imidazole rings is 1. The first kappa shape index (κ1) is 18.7. The van der Waals surface area contributed by atoms with Gasteiger partial charge < -0.3 is 9.67 Å². The number of halogens is 1. The summed E-state index contributed by atoms with van der Waals surface area (Å²) in [7, 11) is -2.49. The molecule has 0 aliphatic heterocycles. The highest BCUT2D eigenvalue weighted by molar-refractivity contribution is 7.89. The highest BCUT2D eigenvalue weighted by Crippen LogP contribution is 2.25. The number of aromatic carboxylic acids is 1. The monoisotopic (exact) mass is 389 g/mol. The third-order valence-corrected chi connectivity index (χ3v) is 5.42. The first-order valence-corrected chi connectivity index (χ1v) is 9.35. The fourth-order valence-corrected chi connectivity index (χ4v) is 3.86. The lowest BCUT2D eigenvalue weighted by molar-refractivity contribution is 0.0696. The molecule has 2 N–H and O–H groups in total. The average Bonchev–Trinajstić information content (AvgIpc) is 3.06. The van der Waals surface area contributed by atoms with Crippen molar-refractivity contribution in [2.24, 2.45) is 7.05 Å². The standard InChI is InChI=1S/C18H16FN3O4S/c1-22-10-9-20-17(22)16(14-7-2-3-8-15(14)19)21-27(25,26)13-6-4-5-12(11-13)18(23)24/h2-11,16,21H,1H3,(H,23,24)/t16-/m1/s1. The lowest BCUT2D eigenvalue weighted by Crippen LogP contribution is -2.32. The Labute approximate surface area is 155 Å². The van der Waals surface area contributed by atoms with Crippen LogP contribution in [0.3, 0.4) is 0 Å². The van der Waals surface area contributed by atoms with Crippen LogP contribution in [0.1, 0.15) is 27.8 Å². The number of carbonyl (C=O) groups is 1. The fraction of sp³-hybridized carbons (Fsp3) is 0.111. The number of nitrogens with one attached hydrogen (secondary N) is 1. The number of aryl methyl sites for hydroxylation is 1. The Bertz CT molecular complexity index is 1100. The van der Waals surface area contributed by atoms with Gasteiger partial charge in [-0.25, -0.2) is 22.6 Å². The zero-order valence-corrected chi connectivity index (χ0v) is 15.0. The largest absolute Gasteiger partial charge is 0.478 e. The van der Waals surface area contributed by atoms with Crippen molar-refractivity contribution in [2.45, 2.75) is 10.9 Å². The van der Waals surface area contributed by atoms with E-state index in [9.17, 15) is 17.6 Å². The summed E-state index contributed by atoms with van der Waals surface area (Å²) < 4.78 is 44.1. The van der Waals surface area contributed by atoms with Gasteiger partial charge in [0.25, 0.3) is 0 Å². The van der Waals surface area contributed by atoms with Crippen LogP contribution in [0, 0.1) is 5.82 Å². The van der Waals surface area contributed by atoms with Gasteiger partial charge in [-0.3, -0.25) is 0 Å². The van der Waals surface area contributed by atoms with Gasteiger partial charge in [-0.2, -0.15) is 4.72 Å². The maximum absolute atomic E-state index is 14.4. The van der Waals surface area contributed by atoms with E-state index in [-0.39, 0.29) is 21.8 Å². The number of benzene rings is 2. The summed E-state index contributed by atoms with van der Waals surface area (Å²) in [4.78, 5) is 15.0. The molecule has 1 atom stereocenters. The topological polar surface area (TPSA) is 101 Å². The van der Waals surface area contributed by atoms with E-state index in [1.165, 1.54) is 42.6 Å². The highest BCUT2D eigenvalue weighted by atomic mass is 32.2. The first-order chi connectivity index (χ1) is 12.8. The van der Waals surface area contributed by atoms with Gasteiger partial charge in [0.05, 0.1) is 10.5 Å². The molecule has 9 heteroatoms. The molecule has 1 heterocycles. The van der Waals surface area contributed by atoms with Crippen LogP contribution >= 0.6 is 0 Å². The van der Waals surface area contributed by atoms with E-state index in [1.54, 1.807) is 23.9 Å². The second-order valence-electron chi connectivity index (χ2n) is 5.81. The molecule has 140 valence electrons. The number of aromatic nitrogens is 2. The highest BCUT2D eigenvalue weighted by Gasteiger charge is 2.28. The summed E-state index contributed by atoms with van der Waals surface area (Å²) in [5.74, 6) is -1.55. The molecule has 7 nitrogen and oxygen atoms in total. The summed E-state index contributed by atoms with van der Waals surface area (Å²) in [5, 5.41) is 9.08. The second-order valence-corrected chi connectivity index (χ2v) is 7.52. The molecule has 0 unspecified atom stereocenters. The smallest absolute Gasteiger partial charge is 0.335 e. The summed E-state index contributed by atoms with van der Waals surface area (Å²) in [6.45, 7) is 0. The minimum Gasteiger partial charge on any atom is -0.478 e. The van der Waals surface area contributed by atoms with E-state index in [2.05, 4.69) is 9.71 Å². The molecule has 0 fully saturated rings. The first-order valence-electron chi connectivity index (χ1n) is 7.87. The zero-order chi connectivity index (χ0) is 19.6. The van der Waals surface area contributed by atoms with Gasteiger partial charge in [-0.05, 0) is 24.3 Å². The van der Waals surface area contributed by atoms with Crippen molar-refractivity contribution in [3.63, 3.8) is 0 Å². The van der Waals surface area contributed by atoms with Crippen molar-refractivity contribution in [1.29, 1.82) is 0 Å². The molecule has 0 radical (unpaired) electrons. The number of hydrogen-bond donors (Lipinski definition) is 2. The number of sulfonamides is 1. The van der Waals surface area contributed by atoms with E-state index in [0.717, 1.165) is 6.07 Å². The molecule has 0 amide bonds. The van der Waals surface area contributed by atoms with E-state index >= 15 is 0 Å². The maximum atomic E-state index is 14.4. The lowest BCUT2D eigenvalue weighted by Gasteiger charge is -2.20. The Hall–Kier alpha value is -3.04. The van der Waals surface area contributed by atoms with Gasteiger partial charge in [-0.1, -0.05) is 24.3 Å². The molecule has 2 aromatic carbocycles. The van der Waals surface area contributed by atoms with Gasteiger partial charge in [-0.15, -0.1) is 0 Å². The molecule has 0 aliphatic rings. The summed E-state index contributed by atoms with van der Waals surface area (Å²) in [6.07, 6.45) is 3.09. The molecule has 0 aliphatic carbocycles. The summed E-state index contributed by atoms with van der Waals surface area (Å²) >= 11 is 0. The number of carboxylic acids is 1. The fourth-order valence-electron chi connectivity index (χ4n) is 2.64. The van der Waals surface area contributed by atoms with E-state index in [0.29, 0.717) is 0 Å². The van der Waals surface area contributed by atoms with Crippen LogP contribution in [-0.2, 0) is 17.1 Å². The van der Waals surface area contributed by atoms with Gasteiger partial charge in [0, 0.05) is 25.0 Å². The van der Waals surface area contributed by atoms with Gasteiger partial charge in [0.15, 0.2) is 0 Å². The quantitative estimate of drug-likeness (QED) is 0.674. The van der Waals surface area contributed by atoms with Gasteiger partial charge >= 0.3 is 5.97 Å². The van der Waals surface area contributed by atoms with Crippen molar-refractivity contribution in [3.8, 4) is 0 Å². The second kappa shape index (κ2) is 7.29. The van der Waals surface area contributed by atoms with Crippen molar-refractivity contribution in [2.75, 3.05) is 0 Å². The number of carboxylic acid groups (broad SMARTS) is 1. The molecule has 0 saturated carbocycles. The van der Waals surface area contributed by atoms with Crippen molar-refractivity contribution in [3.05, 3.63) is 83.7 Å². The van der Waals surface area contributed by atoms with Crippen molar-refractivity contribution < 1.29 is 22.7 Å². The zero-order valence-electron chi connectivity index (χ0n) is 14.2. The third kappa shape index (κ3) is 3.88. The van der Waals surface area contributed by atoms with Crippen LogP contribution in [0.5, 0.6) is 0 Å². The number of hydrogen-bond acceptors (Lipinski definition) is 4. The molecule has 27 heavy (non-hydrogen) atoms. The minimum atomic E-state index is -4.16. The number of nitrogens with zero attached hydrogens (tertiary/aromatic N) is 2. The van der Waals surface area contributed by atoms with Crippen LogP contribution in [0.2, 0.25) is 0 Å². The third-order valence-electron chi connectivity index (χ3n) is 4.00. The average molecular weight is 389 g/mol. The molecular weight excluding hydrogens is 373 g/mol. The maximum Gasteiger partial charge on any atom is 0.335 e. The van der Waals surface area contributed by atoms with Crippen molar-refractivity contribution in [1.82, 2.24) is 14.3 Å². The van der Waals surface area contributed by atoms with Crippen LogP contribution in [0.4, 0.5) is 4.39 Å². The Morgan fingerprint density at radius 2 is 1.96 bits per heavy atom. The molecule has 0 saturated heterocycles. The lowest BCUT2D eigenvalue weighted by atomic mass is 10.1. The number of rotatable bonds is 6. The Morgan fingerprint density at radius 1 is 1.22 bits per heavy atom. The minimum absolute atomic E-state index is 0.102. The predicted octanol–water partition coefficient (Wildman–Crippen LogP) is 2.33. The molecule has 0 bridgehead atoms. The van der Waals surface area contributed by atoms with E-state index in [4.69, 9.17) is 5.11 Å². The van der Waals surface area contributed by atoms with Crippen LogP contribution in [0.15, 0.2) is 65.8 Å². The Kier molecular flexibility index (Phi) is 5.06. The SMILES string of the molecule is Cn1ccnc1[C@H](NS(=O)(=O)c1cccc(C(=O)O)c1)c1ccccc1F. The molecule has 1 aromatic heterocycles. The Morgan fingerprint density at radius 3 is 2.59 bits per heavy atom. The van der Waals surface area contributed by atoms with Crippen LogP contribution in [-0.4, -0.2) is 29.0 Å². The summed E-state index contributed by atoms with van der Waals surface area (Å²) in [6, 6.07) is 9.62. The van der Waals surface area contributed by atoms with E-state index < -0.39 is 27.9 Å². The van der Waals surface area contributed by atoms with Crippen molar-refractivity contribution >= 4 is 16.0 Å². The summed E-state index contributed by atoms with van der Waals surface area (Å²) in [5.41, 5.74) is -0.0675. The van der Waals surface area contributed by atoms with Gasteiger partial charge in [0.1, 0.15) is 17.7 Å². The molecule has 3 rings (SSSR count). The van der Waals surface area contributed by atoms with Crippen LogP contribution < -0.4 is 4.72 Å². The predicted molar refractivity (Wildman–Crippen MR) is 95.2 cm³/mol. The molecule has 3 aromatic rings. The van der Waals surface area contributed by atoms with Gasteiger partial charge in [0.2, 0.25) is 10.0 Å². The molecular formula is C18H16FN3O4S. The Balaban J connectivity index is 2.07.